The number of carbonyl (C=O) groups is 1. The number of carbonyl (C=O) groups excluding carboxylic acids is 1. The molecule has 0 saturated carbocycles. The molecule has 2 aromatic heterocycles. The predicted molar refractivity (Wildman–Crippen MR) is 84.1 cm³/mol. The molecular formula is C14H15N3O3S2. The van der Waals surface area contributed by atoms with E-state index in [9.17, 15) is 13.2 Å². The molecule has 3 heterocycles. The Labute approximate surface area is 132 Å². The van der Waals surface area contributed by atoms with Crippen molar-refractivity contribution >= 4 is 33.2 Å². The van der Waals surface area contributed by atoms with Gasteiger partial charge in [0.1, 0.15) is 5.25 Å². The first-order valence-corrected chi connectivity index (χ1v) is 9.13. The molecule has 1 amide bonds. The van der Waals surface area contributed by atoms with Crippen molar-refractivity contribution < 1.29 is 13.2 Å². The summed E-state index contributed by atoms with van der Waals surface area (Å²) < 4.78 is 26.2. The lowest BCUT2D eigenvalue weighted by molar-refractivity contribution is -0.128. The van der Waals surface area contributed by atoms with Crippen LogP contribution in [-0.4, -0.2) is 47.1 Å². The van der Waals surface area contributed by atoms with Gasteiger partial charge in [-0.15, -0.1) is 11.3 Å². The highest BCUT2D eigenvalue weighted by Crippen LogP contribution is 2.23. The Hall–Kier alpha value is -1.93. The third kappa shape index (κ3) is 2.71. The van der Waals surface area contributed by atoms with Gasteiger partial charge in [-0.1, -0.05) is 6.07 Å². The summed E-state index contributed by atoms with van der Waals surface area (Å²) in [5.74, 6) is -0.167. The summed E-state index contributed by atoms with van der Waals surface area (Å²) in [4.78, 5) is 18.4. The Bertz CT molecular complexity index is 800. The van der Waals surface area contributed by atoms with E-state index in [0.717, 1.165) is 4.88 Å². The van der Waals surface area contributed by atoms with Gasteiger partial charge < -0.3 is 9.47 Å². The molecule has 6 nitrogen and oxygen atoms in total. The van der Waals surface area contributed by atoms with Gasteiger partial charge in [-0.2, -0.15) is 0 Å². The van der Waals surface area contributed by atoms with Crippen LogP contribution in [0.2, 0.25) is 0 Å². The van der Waals surface area contributed by atoms with E-state index in [-0.39, 0.29) is 24.2 Å². The van der Waals surface area contributed by atoms with Crippen LogP contribution in [0.3, 0.4) is 0 Å². The number of aromatic nitrogens is 2. The average Bonchev–Trinajstić information content (AvgIpc) is 3.05. The van der Waals surface area contributed by atoms with Crippen LogP contribution >= 0.6 is 11.3 Å². The number of amides is 1. The molecular weight excluding hydrogens is 322 g/mol. The lowest BCUT2D eigenvalue weighted by Gasteiger charge is -2.37. The van der Waals surface area contributed by atoms with Crippen LogP contribution < -0.4 is 0 Å². The van der Waals surface area contributed by atoms with E-state index in [0.29, 0.717) is 0 Å². The molecule has 1 aliphatic rings. The van der Waals surface area contributed by atoms with Crippen molar-refractivity contribution in [2.24, 2.45) is 7.05 Å². The first-order valence-electron chi connectivity index (χ1n) is 6.70. The molecule has 1 saturated heterocycles. The fraction of sp³-hybridized carbons (Fsp3) is 0.286. The molecule has 0 aromatic carbocycles. The standard InChI is InChI=1S/C14H15N3O3S2/c1-16-7-6-15-14(16)22(19,20)12-9-17(10-12)13(18)5-4-11-3-2-8-21-11/h2-8,12H,9-10H2,1H3. The summed E-state index contributed by atoms with van der Waals surface area (Å²) in [6.45, 7) is 0.422. The van der Waals surface area contributed by atoms with Gasteiger partial charge in [-0.3, -0.25) is 4.79 Å². The zero-order valence-electron chi connectivity index (χ0n) is 11.9. The van der Waals surface area contributed by atoms with Crippen molar-refractivity contribution in [1.29, 1.82) is 0 Å². The Balaban J connectivity index is 1.62. The molecule has 1 fully saturated rings. The minimum Gasteiger partial charge on any atom is -0.336 e. The third-order valence-electron chi connectivity index (χ3n) is 3.56. The van der Waals surface area contributed by atoms with Crippen molar-refractivity contribution in [3.63, 3.8) is 0 Å². The third-order valence-corrected chi connectivity index (χ3v) is 6.48. The Morgan fingerprint density at radius 1 is 1.45 bits per heavy atom. The molecule has 1 aliphatic heterocycles. The van der Waals surface area contributed by atoms with Crippen LogP contribution in [0.4, 0.5) is 0 Å². The van der Waals surface area contributed by atoms with Gasteiger partial charge in [0.15, 0.2) is 0 Å². The van der Waals surface area contributed by atoms with Gasteiger partial charge in [0.05, 0.1) is 0 Å². The number of hydrogen-bond acceptors (Lipinski definition) is 5. The maximum atomic E-state index is 12.4. The number of hydrogen-bond donors (Lipinski definition) is 0. The largest absolute Gasteiger partial charge is 0.336 e. The van der Waals surface area contributed by atoms with Crippen LogP contribution in [0.25, 0.3) is 6.08 Å². The van der Waals surface area contributed by atoms with Gasteiger partial charge in [-0.05, 0) is 17.5 Å². The highest BCUT2D eigenvalue weighted by atomic mass is 32.2. The van der Waals surface area contributed by atoms with Crippen molar-refractivity contribution in [3.8, 4) is 0 Å². The second kappa shape index (κ2) is 5.69. The predicted octanol–water partition coefficient (Wildman–Crippen LogP) is 1.18. The summed E-state index contributed by atoms with van der Waals surface area (Å²) in [5.41, 5.74) is 0. The van der Waals surface area contributed by atoms with Crippen molar-refractivity contribution in [3.05, 3.63) is 40.9 Å². The smallest absolute Gasteiger partial charge is 0.246 e. The van der Waals surface area contributed by atoms with Gasteiger partial charge >= 0.3 is 0 Å². The zero-order chi connectivity index (χ0) is 15.7. The second-order valence-corrected chi connectivity index (χ2v) is 8.18. The monoisotopic (exact) mass is 337 g/mol. The normalized spacial score (nSPS) is 16.1. The molecule has 116 valence electrons. The lowest BCUT2D eigenvalue weighted by atomic mass is 10.2. The van der Waals surface area contributed by atoms with Crippen LogP contribution in [0.1, 0.15) is 4.88 Å². The van der Waals surface area contributed by atoms with Crippen molar-refractivity contribution in [1.82, 2.24) is 14.5 Å². The second-order valence-electron chi connectivity index (χ2n) is 5.08. The lowest BCUT2D eigenvalue weighted by Crippen LogP contribution is -2.56. The van der Waals surface area contributed by atoms with Gasteiger partial charge in [0.25, 0.3) is 0 Å². The molecule has 0 unspecified atom stereocenters. The summed E-state index contributed by atoms with van der Waals surface area (Å²) in [6, 6.07) is 3.83. The summed E-state index contributed by atoms with van der Waals surface area (Å²) >= 11 is 1.54. The van der Waals surface area contributed by atoms with Gasteiger partial charge in [-0.25, -0.2) is 13.4 Å². The molecule has 0 atom stereocenters. The first-order chi connectivity index (χ1) is 10.5. The van der Waals surface area contributed by atoms with E-state index < -0.39 is 15.1 Å². The Morgan fingerprint density at radius 3 is 2.82 bits per heavy atom. The fourth-order valence-corrected chi connectivity index (χ4v) is 4.57. The highest BCUT2D eigenvalue weighted by Gasteiger charge is 2.41. The van der Waals surface area contributed by atoms with Gasteiger partial charge in [0.2, 0.25) is 20.9 Å². The summed E-state index contributed by atoms with van der Waals surface area (Å²) in [6.07, 6.45) is 6.28. The van der Waals surface area contributed by atoms with E-state index in [1.807, 2.05) is 17.5 Å². The Kier molecular flexibility index (Phi) is 3.88. The van der Waals surface area contributed by atoms with E-state index >= 15 is 0 Å². The number of likely N-dealkylation sites (tertiary alicyclic amines) is 1. The van der Waals surface area contributed by atoms with Crippen LogP contribution in [0.15, 0.2) is 41.1 Å². The van der Waals surface area contributed by atoms with E-state index in [2.05, 4.69) is 4.98 Å². The quantitative estimate of drug-likeness (QED) is 0.786. The minimum absolute atomic E-state index is 0.0544. The first kappa shape index (κ1) is 15.0. The molecule has 0 N–H and O–H groups in total. The maximum absolute atomic E-state index is 12.4. The molecule has 22 heavy (non-hydrogen) atoms. The number of rotatable bonds is 4. The van der Waals surface area contributed by atoms with Crippen LogP contribution in [0.5, 0.6) is 0 Å². The molecule has 3 rings (SSSR count). The SMILES string of the molecule is Cn1ccnc1S(=O)(=O)C1CN(C(=O)C=Cc2cccs2)C1. The number of imidazole rings is 1. The zero-order valence-corrected chi connectivity index (χ0v) is 13.5. The summed E-state index contributed by atoms with van der Waals surface area (Å²) in [7, 11) is -1.83. The molecule has 0 radical (unpaired) electrons. The van der Waals surface area contributed by atoms with E-state index in [4.69, 9.17) is 0 Å². The van der Waals surface area contributed by atoms with Crippen molar-refractivity contribution in [2.75, 3.05) is 13.1 Å². The number of nitrogens with zero attached hydrogens (tertiary/aromatic N) is 3. The molecule has 2 aromatic rings. The fourth-order valence-electron chi connectivity index (χ4n) is 2.23. The minimum atomic E-state index is -3.48. The molecule has 0 aliphatic carbocycles. The molecule has 0 bridgehead atoms. The van der Waals surface area contributed by atoms with Gasteiger partial charge in [0, 0.05) is 43.5 Å². The van der Waals surface area contributed by atoms with E-state index in [1.165, 1.54) is 21.7 Å². The average molecular weight is 337 g/mol. The molecule has 0 spiro atoms. The number of sulfone groups is 1. The van der Waals surface area contributed by atoms with E-state index in [1.54, 1.807) is 30.7 Å². The summed E-state index contributed by atoms with van der Waals surface area (Å²) in [5, 5.41) is 1.41. The highest BCUT2D eigenvalue weighted by molar-refractivity contribution is 7.92. The van der Waals surface area contributed by atoms with Crippen molar-refractivity contribution in [2.45, 2.75) is 10.4 Å². The number of aryl methyl sites for hydroxylation is 1. The number of thiophene rings is 1. The Morgan fingerprint density at radius 2 is 2.23 bits per heavy atom. The topological polar surface area (TPSA) is 72.3 Å². The molecule has 8 heteroatoms. The van der Waals surface area contributed by atoms with Crippen LogP contribution in [0, 0.1) is 0 Å². The van der Waals surface area contributed by atoms with Crippen LogP contribution in [-0.2, 0) is 21.7 Å². The maximum Gasteiger partial charge on any atom is 0.246 e.